The predicted molar refractivity (Wildman–Crippen MR) is 79.4 cm³/mol. The first kappa shape index (κ1) is 18.7. The summed E-state index contributed by atoms with van der Waals surface area (Å²) in [5.74, 6) is 0.119. The molecule has 1 saturated heterocycles. The summed E-state index contributed by atoms with van der Waals surface area (Å²) in [6.07, 6.45) is 3.12. The van der Waals surface area contributed by atoms with Crippen molar-refractivity contribution in [3.63, 3.8) is 0 Å². The van der Waals surface area contributed by atoms with Crippen molar-refractivity contribution in [2.24, 2.45) is 5.92 Å². The molecule has 114 valence electrons. The second-order valence-electron chi connectivity index (χ2n) is 5.11. The highest BCUT2D eigenvalue weighted by molar-refractivity contribution is 7.90. The third-order valence-corrected chi connectivity index (χ3v) is 4.43. The number of amides is 1. The van der Waals surface area contributed by atoms with Gasteiger partial charge < -0.3 is 10.2 Å². The van der Waals surface area contributed by atoms with E-state index >= 15 is 0 Å². The summed E-state index contributed by atoms with van der Waals surface area (Å²) in [6.45, 7) is 5.94. The van der Waals surface area contributed by atoms with Crippen LogP contribution >= 0.6 is 12.4 Å². The fraction of sp³-hybridized carbons (Fsp3) is 0.917. The zero-order chi connectivity index (χ0) is 13.8. The lowest BCUT2D eigenvalue weighted by atomic mass is 9.97. The molecule has 0 aliphatic carbocycles. The standard InChI is InChI=1S/C12H24N2O3S.ClH/c1-4-14(10(2)9-18(3,16)17)12(15)11-6-5-7-13-8-11;/h10-11,13H,4-9H2,1-3H3;1H. The summed E-state index contributed by atoms with van der Waals surface area (Å²) in [7, 11) is -3.05. The number of halogens is 1. The van der Waals surface area contributed by atoms with Gasteiger partial charge in [-0.05, 0) is 33.2 Å². The van der Waals surface area contributed by atoms with Crippen LogP contribution < -0.4 is 5.32 Å². The summed E-state index contributed by atoms with van der Waals surface area (Å²) in [5.41, 5.74) is 0. The van der Waals surface area contributed by atoms with Crippen molar-refractivity contribution in [3.8, 4) is 0 Å². The normalized spacial score (nSPS) is 21.3. The zero-order valence-corrected chi connectivity index (χ0v) is 13.5. The Morgan fingerprint density at radius 1 is 1.47 bits per heavy atom. The Morgan fingerprint density at radius 2 is 2.11 bits per heavy atom. The van der Waals surface area contributed by atoms with Crippen molar-refractivity contribution in [1.82, 2.24) is 10.2 Å². The van der Waals surface area contributed by atoms with E-state index in [1.807, 2.05) is 6.92 Å². The minimum Gasteiger partial charge on any atom is -0.339 e. The highest BCUT2D eigenvalue weighted by Crippen LogP contribution is 2.15. The zero-order valence-electron chi connectivity index (χ0n) is 11.9. The Kier molecular flexibility index (Phi) is 7.93. The van der Waals surface area contributed by atoms with Gasteiger partial charge >= 0.3 is 0 Å². The molecule has 2 unspecified atom stereocenters. The van der Waals surface area contributed by atoms with E-state index in [1.54, 1.807) is 11.8 Å². The number of carbonyl (C=O) groups excluding carboxylic acids is 1. The summed E-state index contributed by atoms with van der Waals surface area (Å²) in [5, 5.41) is 3.22. The second-order valence-corrected chi connectivity index (χ2v) is 7.29. The molecule has 0 aromatic rings. The number of piperidine rings is 1. The molecule has 1 aliphatic rings. The molecule has 7 heteroatoms. The van der Waals surface area contributed by atoms with Crippen LogP contribution in [-0.4, -0.2) is 56.9 Å². The number of sulfone groups is 1. The summed E-state index contributed by atoms with van der Waals surface area (Å²) < 4.78 is 22.6. The van der Waals surface area contributed by atoms with Crippen LogP contribution in [0.2, 0.25) is 0 Å². The summed E-state index contributed by atoms with van der Waals surface area (Å²) in [4.78, 5) is 14.0. The third kappa shape index (κ3) is 6.10. The van der Waals surface area contributed by atoms with Gasteiger partial charge in [-0.2, -0.15) is 0 Å². The van der Waals surface area contributed by atoms with Crippen LogP contribution in [-0.2, 0) is 14.6 Å². The Balaban J connectivity index is 0.00000324. The first-order valence-corrected chi connectivity index (χ1v) is 8.60. The van der Waals surface area contributed by atoms with E-state index in [0.717, 1.165) is 19.4 Å². The quantitative estimate of drug-likeness (QED) is 0.811. The van der Waals surface area contributed by atoms with Gasteiger partial charge in [0.25, 0.3) is 0 Å². The molecule has 1 N–H and O–H groups in total. The van der Waals surface area contributed by atoms with Crippen molar-refractivity contribution in [2.45, 2.75) is 32.7 Å². The maximum Gasteiger partial charge on any atom is 0.227 e. The molecule has 1 fully saturated rings. The highest BCUT2D eigenvalue weighted by Gasteiger charge is 2.29. The van der Waals surface area contributed by atoms with Crippen LogP contribution in [0.25, 0.3) is 0 Å². The maximum absolute atomic E-state index is 12.3. The third-order valence-electron chi connectivity index (χ3n) is 3.35. The van der Waals surface area contributed by atoms with E-state index in [4.69, 9.17) is 0 Å². The van der Waals surface area contributed by atoms with Gasteiger partial charge in [0, 0.05) is 25.4 Å². The van der Waals surface area contributed by atoms with E-state index in [0.29, 0.717) is 13.1 Å². The van der Waals surface area contributed by atoms with Gasteiger partial charge in [0.1, 0.15) is 9.84 Å². The van der Waals surface area contributed by atoms with Gasteiger partial charge in [-0.25, -0.2) is 8.42 Å². The van der Waals surface area contributed by atoms with Crippen molar-refractivity contribution in [3.05, 3.63) is 0 Å². The Morgan fingerprint density at radius 3 is 2.53 bits per heavy atom. The average Bonchev–Trinajstić information content (AvgIpc) is 2.28. The lowest BCUT2D eigenvalue weighted by Crippen LogP contribution is -2.48. The van der Waals surface area contributed by atoms with Gasteiger partial charge in [-0.3, -0.25) is 4.79 Å². The summed E-state index contributed by atoms with van der Waals surface area (Å²) in [6, 6.07) is -0.251. The molecule has 5 nitrogen and oxygen atoms in total. The van der Waals surface area contributed by atoms with Crippen molar-refractivity contribution < 1.29 is 13.2 Å². The van der Waals surface area contributed by atoms with E-state index in [1.165, 1.54) is 6.26 Å². The van der Waals surface area contributed by atoms with Crippen LogP contribution in [0.3, 0.4) is 0 Å². The molecule has 0 spiro atoms. The lowest BCUT2D eigenvalue weighted by Gasteiger charge is -2.32. The van der Waals surface area contributed by atoms with Gasteiger partial charge in [-0.15, -0.1) is 12.4 Å². The molecule has 1 heterocycles. The number of carbonyl (C=O) groups is 1. The first-order valence-electron chi connectivity index (χ1n) is 6.54. The first-order chi connectivity index (χ1) is 8.35. The molecular formula is C12H25ClN2O3S. The Bertz CT molecular complexity index is 380. The molecule has 0 radical (unpaired) electrons. The number of hydrogen-bond acceptors (Lipinski definition) is 4. The van der Waals surface area contributed by atoms with Crippen LogP contribution in [0.5, 0.6) is 0 Å². The highest BCUT2D eigenvalue weighted by atomic mass is 35.5. The lowest BCUT2D eigenvalue weighted by molar-refractivity contribution is -0.137. The van der Waals surface area contributed by atoms with Crippen molar-refractivity contribution in [1.29, 1.82) is 0 Å². The van der Waals surface area contributed by atoms with Crippen LogP contribution in [0.4, 0.5) is 0 Å². The van der Waals surface area contributed by atoms with Gasteiger partial charge in [0.2, 0.25) is 5.91 Å². The van der Waals surface area contributed by atoms with Gasteiger partial charge in [0.15, 0.2) is 0 Å². The maximum atomic E-state index is 12.3. The molecule has 0 aromatic heterocycles. The fourth-order valence-corrected chi connectivity index (χ4v) is 3.57. The van der Waals surface area contributed by atoms with Crippen molar-refractivity contribution in [2.75, 3.05) is 31.6 Å². The number of hydrogen-bond donors (Lipinski definition) is 1. The van der Waals surface area contributed by atoms with E-state index < -0.39 is 9.84 Å². The molecule has 0 saturated carbocycles. The molecule has 19 heavy (non-hydrogen) atoms. The van der Waals surface area contributed by atoms with Gasteiger partial charge in [-0.1, -0.05) is 0 Å². The monoisotopic (exact) mass is 312 g/mol. The Hall–Kier alpha value is -0.330. The molecule has 2 atom stereocenters. The average molecular weight is 313 g/mol. The molecular weight excluding hydrogens is 288 g/mol. The molecule has 0 bridgehead atoms. The largest absolute Gasteiger partial charge is 0.339 e. The molecule has 0 aromatic carbocycles. The van der Waals surface area contributed by atoms with E-state index in [9.17, 15) is 13.2 Å². The van der Waals surface area contributed by atoms with Crippen molar-refractivity contribution >= 4 is 28.2 Å². The van der Waals surface area contributed by atoms with Crippen LogP contribution in [0, 0.1) is 5.92 Å². The van der Waals surface area contributed by atoms with Crippen LogP contribution in [0.15, 0.2) is 0 Å². The smallest absolute Gasteiger partial charge is 0.227 e. The fourth-order valence-electron chi connectivity index (χ4n) is 2.51. The van der Waals surface area contributed by atoms with Crippen LogP contribution in [0.1, 0.15) is 26.7 Å². The Labute approximate surface area is 122 Å². The molecule has 1 amide bonds. The predicted octanol–water partition coefficient (Wildman–Crippen LogP) is 0.689. The number of nitrogens with zero attached hydrogens (tertiary/aromatic N) is 1. The minimum atomic E-state index is -3.05. The number of nitrogens with one attached hydrogen (secondary N) is 1. The number of rotatable bonds is 5. The molecule has 1 aliphatic heterocycles. The van der Waals surface area contributed by atoms with E-state index in [2.05, 4.69) is 5.32 Å². The SMILES string of the molecule is CCN(C(=O)C1CCCNC1)C(C)CS(C)(=O)=O.Cl. The van der Waals surface area contributed by atoms with E-state index in [-0.39, 0.29) is 36.0 Å². The molecule has 1 rings (SSSR count). The summed E-state index contributed by atoms with van der Waals surface area (Å²) >= 11 is 0. The topological polar surface area (TPSA) is 66.5 Å². The minimum absolute atomic E-state index is 0. The van der Waals surface area contributed by atoms with Gasteiger partial charge in [0.05, 0.1) is 11.7 Å². The second kappa shape index (κ2) is 8.07.